The molecule has 3 aromatic rings. The van der Waals surface area contributed by atoms with E-state index in [9.17, 15) is 0 Å². The fourth-order valence-electron chi connectivity index (χ4n) is 3.36. The van der Waals surface area contributed by atoms with Crippen LogP contribution >= 0.6 is 0 Å². The average Bonchev–Trinajstić information content (AvgIpc) is 3.03. The molecule has 0 aromatic carbocycles. The van der Waals surface area contributed by atoms with Gasteiger partial charge in [-0.15, -0.1) is 0 Å². The highest BCUT2D eigenvalue weighted by Crippen LogP contribution is 2.24. The minimum Gasteiger partial charge on any atom is -0.481 e. The fourth-order valence-corrected chi connectivity index (χ4v) is 3.36. The lowest BCUT2D eigenvalue weighted by Gasteiger charge is -2.35. The number of hydrogen-bond donors (Lipinski definition) is 0. The van der Waals surface area contributed by atoms with Gasteiger partial charge in [0, 0.05) is 45.8 Å². The zero-order valence-electron chi connectivity index (χ0n) is 15.4. The van der Waals surface area contributed by atoms with E-state index in [4.69, 9.17) is 4.74 Å². The van der Waals surface area contributed by atoms with E-state index in [2.05, 4.69) is 29.9 Å². The standard InChI is InChI=1S/C18H23N7O/c1-13-20-17-15(11-19-23(17)2)18(21-13)25-9-7-24(8-10-25)12-14-5-4-6-16(22-14)26-3/h4-6,11H,7-10,12H2,1-3H3. The number of hydrogen-bond acceptors (Lipinski definition) is 7. The van der Waals surface area contributed by atoms with E-state index in [-0.39, 0.29) is 0 Å². The highest BCUT2D eigenvalue weighted by atomic mass is 16.5. The molecule has 0 atom stereocenters. The van der Waals surface area contributed by atoms with E-state index in [1.807, 2.05) is 38.4 Å². The van der Waals surface area contributed by atoms with Crippen LogP contribution in [0.15, 0.2) is 24.4 Å². The summed E-state index contributed by atoms with van der Waals surface area (Å²) in [6.07, 6.45) is 1.86. The number of pyridine rings is 1. The van der Waals surface area contributed by atoms with Gasteiger partial charge >= 0.3 is 0 Å². The van der Waals surface area contributed by atoms with Crippen LogP contribution in [0.25, 0.3) is 11.0 Å². The molecule has 0 bridgehead atoms. The minimum atomic E-state index is 0.663. The van der Waals surface area contributed by atoms with Gasteiger partial charge in [-0.3, -0.25) is 9.58 Å². The van der Waals surface area contributed by atoms with E-state index in [0.29, 0.717) is 5.88 Å². The Bertz CT molecular complexity index is 915. The second-order valence-corrected chi connectivity index (χ2v) is 6.53. The highest BCUT2D eigenvalue weighted by molar-refractivity contribution is 5.87. The number of nitrogens with zero attached hydrogens (tertiary/aromatic N) is 7. The largest absolute Gasteiger partial charge is 0.481 e. The molecule has 0 unspecified atom stereocenters. The third-order valence-electron chi connectivity index (χ3n) is 4.73. The Morgan fingerprint density at radius 3 is 2.65 bits per heavy atom. The van der Waals surface area contributed by atoms with Crippen LogP contribution in [-0.2, 0) is 13.6 Å². The number of anilines is 1. The Kier molecular flexibility index (Phi) is 4.42. The maximum atomic E-state index is 5.21. The third kappa shape index (κ3) is 3.20. The van der Waals surface area contributed by atoms with Gasteiger partial charge in [0.1, 0.15) is 11.6 Å². The molecule has 0 N–H and O–H groups in total. The van der Waals surface area contributed by atoms with Crippen molar-refractivity contribution in [3.8, 4) is 5.88 Å². The molecule has 1 fully saturated rings. The first-order valence-corrected chi connectivity index (χ1v) is 8.77. The molecule has 0 radical (unpaired) electrons. The lowest BCUT2D eigenvalue weighted by Crippen LogP contribution is -2.46. The molecule has 8 heteroatoms. The van der Waals surface area contributed by atoms with Crippen molar-refractivity contribution >= 4 is 16.9 Å². The summed E-state index contributed by atoms with van der Waals surface area (Å²) < 4.78 is 7.02. The number of methoxy groups -OCH3 is 1. The van der Waals surface area contributed by atoms with Crippen LogP contribution in [0.5, 0.6) is 5.88 Å². The molecule has 4 heterocycles. The van der Waals surface area contributed by atoms with Crippen molar-refractivity contribution in [3.05, 3.63) is 35.9 Å². The monoisotopic (exact) mass is 353 g/mol. The summed E-state index contributed by atoms with van der Waals surface area (Å²) in [4.78, 5) is 18.4. The quantitative estimate of drug-likeness (QED) is 0.702. The van der Waals surface area contributed by atoms with Gasteiger partial charge in [0.2, 0.25) is 5.88 Å². The Balaban J connectivity index is 1.47. The number of rotatable bonds is 4. The Morgan fingerprint density at radius 2 is 1.88 bits per heavy atom. The van der Waals surface area contributed by atoms with Crippen molar-refractivity contribution < 1.29 is 4.74 Å². The molecule has 0 spiro atoms. The molecule has 0 aliphatic carbocycles. The van der Waals surface area contributed by atoms with Gasteiger partial charge in [0.15, 0.2) is 5.65 Å². The normalized spacial score (nSPS) is 15.6. The Labute approximate surface area is 152 Å². The van der Waals surface area contributed by atoms with Crippen LogP contribution in [-0.4, -0.2) is 62.9 Å². The van der Waals surface area contributed by atoms with Crippen LogP contribution in [0.4, 0.5) is 5.82 Å². The molecule has 1 saturated heterocycles. The molecule has 3 aromatic heterocycles. The average molecular weight is 353 g/mol. The lowest BCUT2D eigenvalue weighted by molar-refractivity contribution is 0.245. The van der Waals surface area contributed by atoms with Gasteiger partial charge in [-0.1, -0.05) is 6.07 Å². The van der Waals surface area contributed by atoms with Crippen molar-refractivity contribution in [3.63, 3.8) is 0 Å². The molecular weight excluding hydrogens is 330 g/mol. The van der Waals surface area contributed by atoms with Crippen LogP contribution in [0.1, 0.15) is 11.5 Å². The fraction of sp³-hybridized carbons (Fsp3) is 0.444. The summed E-state index contributed by atoms with van der Waals surface area (Å²) in [5.41, 5.74) is 1.92. The summed E-state index contributed by atoms with van der Waals surface area (Å²) in [5.74, 6) is 2.43. The number of ether oxygens (including phenoxy) is 1. The van der Waals surface area contributed by atoms with E-state index in [0.717, 1.165) is 61.1 Å². The molecule has 1 aliphatic heterocycles. The predicted octanol–water partition coefficient (Wildman–Crippen LogP) is 1.40. The number of piperazine rings is 1. The first kappa shape index (κ1) is 16.7. The van der Waals surface area contributed by atoms with E-state index in [1.54, 1.807) is 11.8 Å². The summed E-state index contributed by atoms with van der Waals surface area (Å²) in [5, 5.41) is 5.35. The third-order valence-corrected chi connectivity index (χ3v) is 4.73. The molecule has 4 rings (SSSR count). The smallest absolute Gasteiger partial charge is 0.213 e. The molecule has 8 nitrogen and oxygen atoms in total. The highest BCUT2D eigenvalue weighted by Gasteiger charge is 2.22. The van der Waals surface area contributed by atoms with Crippen LogP contribution in [0, 0.1) is 6.92 Å². The van der Waals surface area contributed by atoms with Crippen LogP contribution in [0.3, 0.4) is 0 Å². The number of aryl methyl sites for hydroxylation is 2. The first-order chi connectivity index (χ1) is 12.6. The molecule has 1 aliphatic rings. The molecular formula is C18H23N7O. The summed E-state index contributed by atoms with van der Waals surface area (Å²) >= 11 is 0. The zero-order chi connectivity index (χ0) is 18.1. The topological polar surface area (TPSA) is 72.2 Å². The van der Waals surface area contributed by atoms with E-state index >= 15 is 0 Å². The molecule has 0 amide bonds. The maximum absolute atomic E-state index is 5.21. The lowest BCUT2D eigenvalue weighted by atomic mass is 10.2. The molecule has 26 heavy (non-hydrogen) atoms. The number of fused-ring (bicyclic) bond motifs is 1. The Morgan fingerprint density at radius 1 is 1.08 bits per heavy atom. The first-order valence-electron chi connectivity index (χ1n) is 8.77. The second-order valence-electron chi connectivity index (χ2n) is 6.53. The number of aromatic nitrogens is 5. The van der Waals surface area contributed by atoms with Crippen molar-refractivity contribution in [2.24, 2.45) is 7.05 Å². The Hall–Kier alpha value is -2.74. The van der Waals surface area contributed by atoms with Crippen molar-refractivity contribution in [1.82, 2.24) is 29.6 Å². The van der Waals surface area contributed by atoms with Crippen molar-refractivity contribution in [2.45, 2.75) is 13.5 Å². The van der Waals surface area contributed by atoms with Gasteiger partial charge in [-0.2, -0.15) is 5.10 Å². The summed E-state index contributed by atoms with van der Waals surface area (Å²) in [6, 6.07) is 5.90. The second kappa shape index (κ2) is 6.87. The zero-order valence-corrected chi connectivity index (χ0v) is 15.4. The SMILES string of the molecule is COc1cccc(CN2CCN(c3nc(C)nc4c3cnn4C)CC2)n1. The van der Waals surface area contributed by atoms with Crippen LogP contribution in [0.2, 0.25) is 0 Å². The van der Waals surface area contributed by atoms with Gasteiger partial charge in [-0.05, 0) is 13.0 Å². The van der Waals surface area contributed by atoms with Crippen LogP contribution < -0.4 is 9.64 Å². The minimum absolute atomic E-state index is 0.663. The van der Waals surface area contributed by atoms with E-state index < -0.39 is 0 Å². The van der Waals surface area contributed by atoms with Gasteiger partial charge in [0.05, 0.1) is 24.4 Å². The van der Waals surface area contributed by atoms with Crippen molar-refractivity contribution in [2.75, 3.05) is 38.2 Å². The van der Waals surface area contributed by atoms with Gasteiger partial charge in [-0.25, -0.2) is 15.0 Å². The maximum Gasteiger partial charge on any atom is 0.213 e. The predicted molar refractivity (Wildman–Crippen MR) is 99.3 cm³/mol. The van der Waals surface area contributed by atoms with Crippen molar-refractivity contribution in [1.29, 1.82) is 0 Å². The molecule has 0 saturated carbocycles. The van der Waals surface area contributed by atoms with E-state index in [1.165, 1.54) is 0 Å². The molecule has 136 valence electrons. The summed E-state index contributed by atoms with van der Waals surface area (Å²) in [7, 11) is 3.56. The summed E-state index contributed by atoms with van der Waals surface area (Å²) in [6.45, 7) is 6.53. The van der Waals surface area contributed by atoms with Gasteiger partial charge in [0.25, 0.3) is 0 Å². The van der Waals surface area contributed by atoms with Gasteiger partial charge < -0.3 is 9.64 Å².